The van der Waals surface area contributed by atoms with Crippen molar-refractivity contribution in [2.45, 2.75) is 27.7 Å². The summed E-state index contributed by atoms with van der Waals surface area (Å²) in [6, 6.07) is 24.5. The second-order valence-corrected chi connectivity index (χ2v) is 8.09. The number of hydrogen-bond donors (Lipinski definition) is 0. The van der Waals surface area contributed by atoms with Gasteiger partial charge in [-0.2, -0.15) is 5.70 Å². The topological polar surface area (TPSA) is 70.0 Å². The fourth-order valence-corrected chi connectivity index (χ4v) is 3.85. The predicted molar refractivity (Wildman–Crippen MR) is 142 cm³/mol. The quantitative estimate of drug-likeness (QED) is 0.254. The first kappa shape index (κ1) is 25.9. The van der Waals surface area contributed by atoms with Gasteiger partial charge in [-0.1, -0.05) is 86.7 Å². The van der Waals surface area contributed by atoms with Crippen molar-refractivity contribution >= 4 is 40.0 Å². The van der Waals surface area contributed by atoms with Crippen molar-refractivity contribution in [3.63, 3.8) is 0 Å². The Bertz CT molecular complexity index is 1350. The normalized spacial score (nSPS) is 17.4. The molecule has 4 rings (SSSR count). The number of benzene rings is 3. The van der Waals surface area contributed by atoms with Gasteiger partial charge in [-0.3, -0.25) is 14.8 Å². The van der Waals surface area contributed by atoms with E-state index in [1.54, 1.807) is 12.1 Å². The average molecular weight is 505 g/mol. The van der Waals surface area contributed by atoms with E-state index in [1.807, 2.05) is 101 Å². The second-order valence-electron chi connectivity index (χ2n) is 8.09. The third-order valence-electron chi connectivity index (χ3n) is 5.34. The second kappa shape index (κ2) is 11.6. The Labute approximate surface area is 216 Å². The summed E-state index contributed by atoms with van der Waals surface area (Å²) in [7, 11) is 0. The summed E-state index contributed by atoms with van der Waals surface area (Å²) < 4.78 is 0. The SMILES string of the molecule is CC1=Nc2ccccc2[N-]/C(C)=C(/C(=O)c2ccccc2)C(C)=Nc2ccccc2[N-]/C(C)=C\1.[Ni+2]. The first-order chi connectivity index (χ1) is 16.4. The van der Waals surface area contributed by atoms with Crippen LogP contribution in [-0.2, 0) is 16.5 Å². The number of ketones is 1. The maximum Gasteiger partial charge on any atom is 2.00 e. The molecule has 0 radical (unpaired) electrons. The van der Waals surface area contributed by atoms with Gasteiger partial charge in [-0.25, -0.2) is 0 Å². The number of para-hydroxylation sites is 4. The van der Waals surface area contributed by atoms with Crippen LogP contribution in [0.5, 0.6) is 0 Å². The molecule has 0 saturated heterocycles. The van der Waals surface area contributed by atoms with Gasteiger partial charge in [0.1, 0.15) is 0 Å². The molecule has 0 aliphatic carbocycles. The number of aliphatic imine (C=N–C) groups is 2. The van der Waals surface area contributed by atoms with Crippen molar-refractivity contribution in [1.82, 2.24) is 0 Å². The Kier molecular flexibility index (Phi) is 8.56. The van der Waals surface area contributed by atoms with Crippen molar-refractivity contribution in [2.75, 3.05) is 0 Å². The minimum absolute atomic E-state index is 0. The summed E-state index contributed by atoms with van der Waals surface area (Å²) in [5.41, 5.74) is 6.63. The van der Waals surface area contributed by atoms with Crippen molar-refractivity contribution in [3.05, 3.63) is 118 Å². The molecule has 0 fully saturated rings. The molecule has 0 saturated carbocycles. The number of nitrogens with zero attached hydrogens (tertiary/aromatic N) is 4. The van der Waals surface area contributed by atoms with Crippen LogP contribution in [0.25, 0.3) is 10.6 Å². The molecular formula is C29H26N4NiO. The summed E-state index contributed by atoms with van der Waals surface area (Å²) in [5.74, 6) is -0.127. The largest absolute Gasteiger partial charge is 2.00 e. The van der Waals surface area contributed by atoms with Crippen molar-refractivity contribution in [3.8, 4) is 0 Å². The van der Waals surface area contributed by atoms with Crippen LogP contribution >= 0.6 is 0 Å². The molecule has 1 heterocycles. The maximum atomic E-state index is 13.6. The summed E-state index contributed by atoms with van der Waals surface area (Å²) >= 11 is 0. The Morgan fingerprint density at radius 2 is 1.23 bits per heavy atom. The third kappa shape index (κ3) is 6.23. The van der Waals surface area contributed by atoms with Crippen LogP contribution in [0.2, 0.25) is 0 Å². The molecule has 0 spiro atoms. The molecule has 5 nitrogen and oxygen atoms in total. The van der Waals surface area contributed by atoms with Crippen LogP contribution in [0.15, 0.2) is 112 Å². The fraction of sp³-hybridized carbons (Fsp3) is 0.138. The zero-order valence-electron chi connectivity index (χ0n) is 20.1. The van der Waals surface area contributed by atoms with Gasteiger partial charge in [0.15, 0.2) is 5.78 Å². The van der Waals surface area contributed by atoms with Gasteiger partial charge < -0.3 is 10.6 Å². The Balaban J connectivity index is 0.00000342. The van der Waals surface area contributed by atoms with Gasteiger partial charge in [-0.15, -0.1) is 17.1 Å². The van der Waals surface area contributed by atoms with Crippen LogP contribution in [0.4, 0.5) is 22.7 Å². The van der Waals surface area contributed by atoms with Gasteiger partial charge in [0, 0.05) is 33.9 Å². The first-order valence-corrected chi connectivity index (χ1v) is 11.1. The van der Waals surface area contributed by atoms with E-state index in [-0.39, 0.29) is 22.3 Å². The van der Waals surface area contributed by atoms with Crippen molar-refractivity contribution in [1.29, 1.82) is 0 Å². The van der Waals surface area contributed by atoms with Crippen LogP contribution in [-0.4, -0.2) is 17.2 Å². The summed E-state index contributed by atoms with van der Waals surface area (Å²) in [6.45, 7) is 7.55. The maximum absolute atomic E-state index is 13.6. The van der Waals surface area contributed by atoms with Crippen LogP contribution in [0, 0.1) is 0 Å². The molecular weight excluding hydrogens is 479 g/mol. The molecule has 0 amide bonds. The smallest absolute Gasteiger partial charge is 0.660 e. The molecule has 1 aliphatic rings. The van der Waals surface area contributed by atoms with Crippen LogP contribution in [0.3, 0.4) is 0 Å². The van der Waals surface area contributed by atoms with Gasteiger partial charge in [0.2, 0.25) is 0 Å². The standard InChI is InChI=1S/C29H27N4O.Ni/c1-19-18-20(2)31-25-15-9-11-17-27(25)33-22(4)28(29(34)23-12-6-5-7-13-23)21(3)32-26-16-10-8-14-24(26)30-19;/h5-18H,1-4H3,(H-,30,31,32,33,34);/q-1;+2/p-1. The van der Waals surface area contributed by atoms with Crippen LogP contribution in [0.1, 0.15) is 38.1 Å². The van der Waals surface area contributed by atoms with E-state index in [2.05, 4.69) is 0 Å². The van der Waals surface area contributed by atoms with Gasteiger partial charge in [-0.05, 0) is 26.0 Å². The molecule has 0 aromatic heterocycles. The van der Waals surface area contributed by atoms with Crippen LogP contribution < -0.4 is 0 Å². The zero-order valence-corrected chi connectivity index (χ0v) is 21.1. The summed E-state index contributed by atoms with van der Waals surface area (Å²) in [5, 5.41) is 9.61. The molecule has 1 aliphatic heterocycles. The molecule has 35 heavy (non-hydrogen) atoms. The van der Waals surface area contributed by atoms with Crippen molar-refractivity contribution < 1.29 is 21.3 Å². The summed E-state index contributed by atoms with van der Waals surface area (Å²) in [6.07, 6.45) is 1.93. The van der Waals surface area contributed by atoms with E-state index in [0.717, 1.165) is 22.8 Å². The van der Waals surface area contributed by atoms with E-state index < -0.39 is 0 Å². The van der Waals surface area contributed by atoms with E-state index in [1.165, 1.54) is 0 Å². The van der Waals surface area contributed by atoms with Gasteiger partial charge in [0.05, 0.1) is 0 Å². The Hall–Kier alpha value is -3.76. The minimum Gasteiger partial charge on any atom is -0.660 e. The minimum atomic E-state index is -0.127. The first-order valence-electron chi connectivity index (χ1n) is 11.1. The number of Topliss-reactive ketones (excluding diaryl/α,β-unsaturated/α-hetero) is 1. The predicted octanol–water partition coefficient (Wildman–Crippen LogP) is 8.65. The number of rotatable bonds is 2. The number of allylic oxidation sites excluding steroid dienone is 4. The molecule has 3 aromatic carbocycles. The zero-order chi connectivity index (χ0) is 24.1. The van der Waals surface area contributed by atoms with Gasteiger partial charge in [0.25, 0.3) is 0 Å². The molecule has 178 valence electrons. The monoisotopic (exact) mass is 504 g/mol. The van der Waals surface area contributed by atoms with Crippen molar-refractivity contribution in [2.24, 2.45) is 9.98 Å². The number of carbonyl (C=O) groups is 1. The molecule has 0 N–H and O–H groups in total. The number of fused-ring (bicyclic) bond motifs is 2. The van der Waals surface area contributed by atoms with E-state index in [0.29, 0.717) is 33.9 Å². The van der Waals surface area contributed by atoms with E-state index in [9.17, 15) is 4.79 Å². The van der Waals surface area contributed by atoms with E-state index in [4.69, 9.17) is 20.6 Å². The molecule has 3 aromatic rings. The molecule has 0 bridgehead atoms. The van der Waals surface area contributed by atoms with E-state index >= 15 is 0 Å². The summed E-state index contributed by atoms with van der Waals surface area (Å²) in [4.78, 5) is 23.2. The Morgan fingerprint density at radius 3 is 1.89 bits per heavy atom. The number of hydrogen-bond acceptors (Lipinski definition) is 3. The molecule has 6 heteroatoms. The fourth-order valence-electron chi connectivity index (χ4n) is 3.85. The average Bonchev–Trinajstić information content (AvgIpc) is 2.81. The molecule has 0 atom stereocenters. The number of carbonyl (C=O) groups excluding carboxylic acids is 1. The Morgan fingerprint density at radius 1 is 0.686 bits per heavy atom. The molecule has 0 unspecified atom stereocenters. The third-order valence-corrected chi connectivity index (χ3v) is 5.34. The van der Waals surface area contributed by atoms with Gasteiger partial charge >= 0.3 is 16.5 Å².